The normalized spacial score (nSPS) is 10.9. The fourth-order valence-electron chi connectivity index (χ4n) is 1.63. The molecule has 19 heavy (non-hydrogen) atoms. The summed E-state index contributed by atoms with van der Waals surface area (Å²) in [4.78, 5) is 16.2. The van der Waals surface area contributed by atoms with E-state index >= 15 is 0 Å². The number of H-pyrrole nitrogens is 1. The molecule has 2 N–H and O–H groups in total. The highest BCUT2D eigenvalue weighted by atomic mass is 32.1. The number of aromatic nitrogens is 2. The number of likely N-dealkylation sites (N-methyl/N-ethyl adjacent to an activating group) is 1. The fraction of sp³-hybridized carbons (Fsp3) is 0.385. The van der Waals surface area contributed by atoms with Crippen molar-refractivity contribution in [1.29, 1.82) is 0 Å². The fourth-order valence-corrected chi connectivity index (χ4v) is 2.46. The van der Waals surface area contributed by atoms with Crippen LogP contribution in [0.3, 0.4) is 0 Å². The van der Waals surface area contributed by atoms with Gasteiger partial charge < -0.3 is 10.2 Å². The minimum Gasteiger partial charge on any atom is -0.349 e. The molecule has 0 aliphatic carbocycles. The predicted octanol–water partition coefficient (Wildman–Crippen LogP) is 1.74. The Morgan fingerprint density at radius 1 is 1.47 bits per heavy atom. The van der Waals surface area contributed by atoms with E-state index in [-0.39, 0.29) is 5.91 Å². The molecular weight excluding hydrogens is 260 g/mol. The van der Waals surface area contributed by atoms with Crippen LogP contribution in [-0.2, 0) is 0 Å². The van der Waals surface area contributed by atoms with E-state index in [0.29, 0.717) is 12.2 Å². The second-order valence-electron chi connectivity index (χ2n) is 4.64. The summed E-state index contributed by atoms with van der Waals surface area (Å²) in [6.45, 7) is 3.48. The van der Waals surface area contributed by atoms with Crippen molar-refractivity contribution in [3.8, 4) is 10.6 Å². The van der Waals surface area contributed by atoms with Crippen molar-refractivity contribution in [3.63, 3.8) is 0 Å². The van der Waals surface area contributed by atoms with Crippen molar-refractivity contribution in [2.45, 2.75) is 6.92 Å². The molecule has 2 aromatic heterocycles. The van der Waals surface area contributed by atoms with Crippen molar-refractivity contribution in [2.24, 2.45) is 0 Å². The summed E-state index contributed by atoms with van der Waals surface area (Å²) in [5.74, 6) is -0.141. The summed E-state index contributed by atoms with van der Waals surface area (Å²) >= 11 is 1.68. The van der Waals surface area contributed by atoms with E-state index in [1.165, 1.54) is 4.88 Å². The number of thiophene rings is 1. The van der Waals surface area contributed by atoms with Crippen LogP contribution in [0.1, 0.15) is 15.4 Å². The Morgan fingerprint density at radius 2 is 2.26 bits per heavy atom. The lowest BCUT2D eigenvalue weighted by Gasteiger charge is -2.09. The standard InChI is InChI=1S/C13H18N4OS/c1-9-4-5-12(19-9)10-8-11(16-15-10)13(18)14-6-7-17(2)3/h4-5,8H,6-7H2,1-3H3,(H,14,18)(H,15,16). The predicted molar refractivity (Wildman–Crippen MR) is 77.5 cm³/mol. The number of hydrogen-bond acceptors (Lipinski definition) is 4. The lowest BCUT2D eigenvalue weighted by molar-refractivity contribution is 0.0946. The summed E-state index contributed by atoms with van der Waals surface area (Å²) in [5, 5.41) is 9.80. The number of rotatable bonds is 5. The van der Waals surface area contributed by atoms with E-state index < -0.39 is 0 Å². The van der Waals surface area contributed by atoms with E-state index in [1.54, 1.807) is 17.4 Å². The van der Waals surface area contributed by atoms with Gasteiger partial charge in [-0.25, -0.2) is 0 Å². The molecule has 2 heterocycles. The molecule has 2 aromatic rings. The third-order valence-corrected chi connectivity index (χ3v) is 3.69. The molecular formula is C13H18N4OS. The molecule has 1 amide bonds. The number of carbonyl (C=O) groups excluding carboxylic acids is 1. The summed E-state index contributed by atoms with van der Waals surface area (Å²) < 4.78 is 0. The molecule has 5 nitrogen and oxygen atoms in total. The number of aromatic amines is 1. The number of aryl methyl sites for hydroxylation is 1. The van der Waals surface area contributed by atoms with E-state index in [9.17, 15) is 4.79 Å². The lowest BCUT2D eigenvalue weighted by atomic mass is 10.3. The van der Waals surface area contributed by atoms with Crippen molar-refractivity contribution < 1.29 is 4.79 Å². The van der Waals surface area contributed by atoms with Crippen molar-refractivity contribution in [3.05, 3.63) is 28.8 Å². The van der Waals surface area contributed by atoms with Gasteiger partial charge in [0.05, 0.1) is 10.6 Å². The van der Waals surface area contributed by atoms with E-state index in [0.717, 1.165) is 17.1 Å². The van der Waals surface area contributed by atoms with Gasteiger partial charge >= 0.3 is 0 Å². The van der Waals surface area contributed by atoms with Gasteiger partial charge in [0, 0.05) is 18.0 Å². The molecule has 0 fully saturated rings. The maximum absolute atomic E-state index is 11.9. The number of nitrogens with one attached hydrogen (secondary N) is 2. The maximum Gasteiger partial charge on any atom is 0.271 e. The summed E-state index contributed by atoms with van der Waals surface area (Å²) in [6, 6.07) is 5.87. The van der Waals surface area contributed by atoms with Crippen LogP contribution < -0.4 is 5.32 Å². The van der Waals surface area contributed by atoms with Gasteiger partial charge in [0.25, 0.3) is 5.91 Å². The zero-order valence-corrected chi connectivity index (χ0v) is 12.2. The first-order valence-corrected chi connectivity index (χ1v) is 6.93. The molecule has 2 rings (SSSR count). The molecule has 0 saturated heterocycles. The summed E-state index contributed by atoms with van der Waals surface area (Å²) in [6.07, 6.45) is 0. The van der Waals surface area contributed by atoms with Crippen molar-refractivity contribution in [1.82, 2.24) is 20.4 Å². The Bertz CT molecular complexity index is 558. The Hall–Kier alpha value is -1.66. The van der Waals surface area contributed by atoms with E-state index in [2.05, 4.69) is 28.5 Å². The third-order valence-electron chi connectivity index (χ3n) is 2.66. The highest BCUT2D eigenvalue weighted by Crippen LogP contribution is 2.26. The van der Waals surface area contributed by atoms with Crippen LogP contribution in [0.5, 0.6) is 0 Å². The van der Waals surface area contributed by atoms with Gasteiger partial charge in [-0.05, 0) is 39.2 Å². The molecule has 0 unspecified atom stereocenters. The van der Waals surface area contributed by atoms with Crippen LogP contribution in [-0.4, -0.2) is 48.2 Å². The minimum absolute atomic E-state index is 0.141. The van der Waals surface area contributed by atoms with Gasteiger partial charge in [0.15, 0.2) is 5.69 Å². The number of hydrogen-bond donors (Lipinski definition) is 2. The summed E-state index contributed by atoms with van der Waals surface area (Å²) in [5.41, 5.74) is 1.32. The van der Waals surface area contributed by atoms with Gasteiger partial charge in [-0.2, -0.15) is 5.10 Å². The molecule has 0 radical (unpaired) electrons. The SMILES string of the molecule is Cc1ccc(-c2cc(C(=O)NCCN(C)C)n[nH]2)s1. The first kappa shape index (κ1) is 13.8. The third kappa shape index (κ3) is 3.65. The quantitative estimate of drug-likeness (QED) is 0.875. The molecule has 0 aliphatic heterocycles. The molecule has 0 aliphatic rings. The van der Waals surface area contributed by atoms with Crippen LogP contribution in [0, 0.1) is 6.92 Å². The van der Waals surface area contributed by atoms with Crippen LogP contribution >= 0.6 is 11.3 Å². The van der Waals surface area contributed by atoms with Gasteiger partial charge in [-0.3, -0.25) is 9.89 Å². The monoisotopic (exact) mass is 278 g/mol. The average molecular weight is 278 g/mol. The van der Waals surface area contributed by atoms with Crippen LogP contribution in [0.25, 0.3) is 10.6 Å². The molecule has 6 heteroatoms. The molecule has 0 saturated carbocycles. The molecule has 0 bridgehead atoms. The van der Waals surface area contributed by atoms with Gasteiger partial charge in [-0.1, -0.05) is 0 Å². The Balaban J connectivity index is 1.98. The van der Waals surface area contributed by atoms with Crippen LogP contribution in [0.4, 0.5) is 0 Å². The van der Waals surface area contributed by atoms with Gasteiger partial charge in [0.2, 0.25) is 0 Å². The second-order valence-corrected chi connectivity index (χ2v) is 5.92. The van der Waals surface area contributed by atoms with E-state index in [1.807, 2.05) is 25.1 Å². The number of carbonyl (C=O) groups is 1. The zero-order chi connectivity index (χ0) is 13.8. The molecule has 0 aromatic carbocycles. The Kier molecular flexibility index (Phi) is 4.34. The van der Waals surface area contributed by atoms with Crippen molar-refractivity contribution in [2.75, 3.05) is 27.2 Å². The average Bonchev–Trinajstić information content (AvgIpc) is 2.96. The van der Waals surface area contributed by atoms with E-state index in [4.69, 9.17) is 0 Å². The molecule has 102 valence electrons. The lowest BCUT2D eigenvalue weighted by Crippen LogP contribution is -2.31. The van der Waals surface area contributed by atoms with Gasteiger partial charge in [0.1, 0.15) is 0 Å². The minimum atomic E-state index is -0.141. The van der Waals surface area contributed by atoms with Crippen LogP contribution in [0.2, 0.25) is 0 Å². The summed E-state index contributed by atoms with van der Waals surface area (Å²) in [7, 11) is 3.94. The van der Waals surface area contributed by atoms with Crippen LogP contribution in [0.15, 0.2) is 18.2 Å². The van der Waals surface area contributed by atoms with Crippen molar-refractivity contribution >= 4 is 17.2 Å². The topological polar surface area (TPSA) is 61.0 Å². The van der Waals surface area contributed by atoms with Gasteiger partial charge in [-0.15, -0.1) is 11.3 Å². The Morgan fingerprint density at radius 3 is 2.89 bits per heavy atom. The first-order valence-electron chi connectivity index (χ1n) is 6.11. The molecule has 0 atom stereocenters. The second kappa shape index (κ2) is 5.99. The number of amides is 1. The highest BCUT2D eigenvalue weighted by Gasteiger charge is 2.11. The largest absolute Gasteiger partial charge is 0.349 e. The zero-order valence-electron chi connectivity index (χ0n) is 11.4. The maximum atomic E-state index is 11.9. The smallest absolute Gasteiger partial charge is 0.271 e. The Labute approximate surface area is 116 Å². The number of nitrogens with zero attached hydrogens (tertiary/aromatic N) is 2. The highest BCUT2D eigenvalue weighted by molar-refractivity contribution is 7.15. The molecule has 0 spiro atoms. The first-order chi connectivity index (χ1) is 9.06.